The number of nitrogens with zero attached hydrogens (tertiary/aromatic N) is 2. The fraction of sp³-hybridized carbons (Fsp3) is 0.355. The smallest absolute Gasteiger partial charge is 0.264 e. The van der Waals surface area contributed by atoms with E-state index in [0.29, 0.717) is 10.7 Å². The van der Waals surface area contributed by atoms with E-state index in [1.54, 1.807) is 49.4 Å². The van der Waals surface area contributed by atoms with Crippen molar-refractivity contribution in [3.63, 3.8) is 0 Å². The van der Waals surface area contributed by atoms with E-state index in [0.717, 1.165) is 26.6 Å². The Morgan fingerprint density at radius 2 is 1.57 bits per heavy atom. The number of halogens is 1. The molecule has 0 saturated heterocycles. The minimum Gasteiger partial charge on any atom is -0.350 e. The van der Waals surface area contributed by atoms with Crippen molar-refractivity contribution in [2.45, 2.75) is 71.5 Å². The highest BCUT2D eigenvalue weighted by atomic mass is 35.5. The van der Waals surface area contributed by atoms with Gasteiger partial charge in [0, 0.05) is 17.1 Å². The summed E-state index contributed by atoms with van der Waals surface area (Å²) < 4.78 is 29.2. The molecule has 3 aromatic carbocycles. The van der Waals surface area contributed by atoms with Gasteiger partial charge in [0.05, 0.1) is 10.6 Å². The first-order valence-corrected chi connectivity index (χ1v) is 14.9. The minimum absolute atomic E-state index is 0.0728. The number of nitrogens with one attached hydrogen (secondary N) is 1. The third-order valence-electron chi connectivity index (χ3n) is 6.64. The normalized spacial score (nSPS) is 12.5. The van der Waals surface area contributed by atoms with Crippen molar-refractivity contribution in [3.05, 3.63) is 94.0 Å². The van der Waals surface area contributed by atoms with Crippen LogP contribution >= 0.6 is 11.6 Å². The van der Waals surface area contributed by atoms with Crippen LogP contribution in [0.2, 0.25) is 5.02 Å². The molecule has 0 aromatic heterocycles. The Morgan fingerprint density at radius 3 is 2.17 bits per heavy atom. The molecule has 1 atom stereocenters. The van der Waals surface area contributed by atoms with E-state index in [2.05, 4.69) is 5.32 Å². The minimum atomic E-state index is -4.13. The second-order valence-corrected chi connectivity index (χ2v) is 13.4. The van der Waals surface area contributed by atoms with Gasteiger partial charge in [-0.1, -0.05) is 53.6 Å². The van der Waals surface area contributed by atoms with Crippen molar-refractivity contribution in [2.24, 2.45) is 0 Å². The van der Waals surface area contributed by atoms with Gasteiger partial charge in [-0.25, -0.2) is 8.42 Å². The summed E-state index contributed by atoms with van der Waals surface area (Å²) in [5.74, 6) is -0.865. The SMILES string of the molecule is Cc1ccc(S(=O)(=O)N(CC(=O)N(Cc2cccc(Cl)c2)C(C)C(=O)NC(C)(C)C)c2cccc(C)c2C)cc1. The lowest BCUT2D eigenvalue weighted by Gasteiger charge is -2.34. The van der Waals surface area contributed by atoms with E-state index >= 15 is 0 Å². The Balaban J connectivity index is 2.08. The van der Waals surface area contributed by atoms with Gasteiger partial charge in [-0.05, 0) is 95.5 Å². The molecule has 0 saturated carbocycles. The van der Waals surface area contributed by atoms with Crippen LogP contribution in [0.4, 0.5) is 5.69 Å². The Morgan fingerprint density at radius 1 is 0.950 bits per heavy atom. The zero-order chi connectivity index (χ0) is 29.8. The first-order chi connectivity index (χ1) is 18.6. The highest BCUT2D eigenvalue weighted by Gasteiger charge is 2.34. The quantitative estimate of drug-likeness (QED) is 0.345. The summed E-state index contributed by atoms with van der Waals surface area (Å²) in [6.45, 7) is 12.4. The molecule has 0 fully saturated rings. The molecule has 7 nitrogen and oxygen atoms in total. The Labute approximate surface area is 243 Å². The summed E-state index contributed by atoms with van der Waals surface area (Å²) in [4.78, 5) is 28.7. The van der Waals surface area contributed by atoms with Crippen LogP contribution in [-0.2, 0) is 26.2 Å². The second kappa shape index (κ2) is 12.4. The topological polar surface area (TPSA) is 86.8 Å². The lowest BCUT2D eigenvalue weighted by molar-refractivity contribution is -0.140. The number of sulfonamides is 1. The molecule has 0 spiro atoms. The summed E-state index contributed by atoms with van der Waals surface area (Å²) in [7, 11) is -4.13. The van der Waals surface area contributed by atoms with Crippen LogP contribution in [0.25, 0.3) is 0 Å². The molecule has 0 heterocycles. The molecule has 214 valence electrons. The van der Waals surface area contributed by atoms with E-state index in [1.165, 1.54) is 17.0 Å². The van der Waals surface area contributed by atoms with Crippen molar-refractivity contribution >= 4 is 39.1 Å². The van der Waals surface area contributed by atoms with Gasteiger partial charge in [-0.2, -0.15) is 0 Å². The van der Waals surface area contributed by atoms with E-state index < -0.39 is 34.1 Å². The molecular weight excluding hydrogens is 546 g/mol. The number of hydrogen-bond acceptors (Lipinski definition) is 4. The molecule has 3 aromatic rings. The number of carbonyl (C=O) groups excluding carboxylic acids is 2. The molecule has 0 aliphatic carbocycles. The Kier molecular flexibility index (Phi) is 9.69. The van der Waals surface area contributed by atoms with Crippen LogP contribution in [0.15, 0.2) is 71.6 Å². The molecule has 0 aliphatic rings. The van der Waals surface area contributed by atoms with Crippen molar-refractivity contribution in [1.29, 1.82) is 0 Å². The molecule has 1 N–H and O–H groups in total. The fourth-order valence-corrected chi connectivity index (χ4v) is 5.93. The van der Waals surface area contributed by atoms with Gasteiger partial charge < -0.3 is 10.2 Å². The van der Waals surface area contributed by atoms with Crippen LogP contribution in [0.3, 0.4) is 0 Å². The maximum atomic E-state index is 14.1. The summed E-state index contributed by atoms with van der Waals surface area (Å²) >= 11 is 6.20. The average Bonchev–Trinajstić information content (AvgIpc) is 2.86. The third kappa shape index (κ3) is 7.64. The molecule has 9 heteroatoms. The van der Waals surface area contributed by atoms with E-state index in [4.69, 9.17) is 11.6 Å². The number of benzene rings is 3. The number of aryl methyl sites for hydroxylation is 2. The zero-order valence-corrected chi connectivity index (χ0v) is 25.7. The highest BCUT2D eigenvalue weighted by molar-refractivity contribution is 7.92. The number of carbonyl (C=O) groups is 2. The monoisotopic (exact) mass is 583 g/mol. The van der Waals surface area contributed by atoms with E-state index in [-0.39, 0.29) is 17.3 Å². The highest BCUT2D eigenvalue weighted by Crippen LogP contribution is 2.29. The van der Waals surface area contributed by atoms with Crippen molar-refractivity contribution in [3.8, 4) is 0 Å². The van der Waals surface area contributed by atoms with E-state index in [9.17, 15) is 18.0 Å². The zero-order valence-electron chi connectivity index (χ0n) is 24.2. The molecule has 2 amide bonds. The van der Waals surface area contributed by atoms with Gasteiger partial charge in [0.15, 0.2) is 0 Å². The molecule has 0 radical (unpaired) electrons. The summed E-state index contributed by atoms with van der Waals surface area (Å²) in [5, 5.41) is 3.42. The van der Waals surface area contributed by atoms with Gasteiger partial charge >= 0.3 is 0 Å². The standard InChI is InChI=1S/C31H38ClN3O4S/c1-21-14-16-27(17-15-21)40(38,39)35(28-13-8-10-22(2)23(28)3)20-29(36)34(19-25-11-9-12-26(32)18-25)24(4)30(37)33-31(5,6)7/h8-18,24H,19-20H2,1-7H3,(H,33,37). The van der Waals surface area contributed by atoms with Gasteiger partial charge in [0.25, 0.3) is 10.0 Å². The van der Waals surface area contributed by atoms with Crippen LogP contribution in [0.1, 0.15) is 49.9 Å². The molecule has 0 bridgehead atoms. The van der Waals surface area contributed by atoms with Crippen molar-refractivity contribution < 1.29 is 18.0 Å². The predicted octanol–water partition coefficient (Wildman–Crippen LogP) is 5.79. The summed E-state index contributed by atoms with van der Waals surface area (Å²) in [6, 6.07) is 18.0. The maximum absolute atomic E-state index is 14.1. The lowest BCUT2D eigenvalue weighted by Crippen LogP contribution is -2.54. The predicted molar refractivity (Wildman–Crippen MR) is 161 cm³/mol. The number of rotatable bonds is 9. The number of amides is 2. The maximum Gasteiger partial charge on any atom is 0.264 e. The van der Waals surface area contributed by atoms with Crippen LogP contribution in [-0.4, -0.2) is 43.3 Å². The Hall–Kier alpha value is -3.36. The second-order valence-electron chi connectivity index (χ2n) is 11.1. The van der Waals surface area contributed by atoms with Crippen molar-refractivity contribution in [1.82, 2.24) is 10.2 Å². The number of anilines is 1. The van der Waals surface area contributed by atoms with Crippen molar-refractivity contribution in [2.75, 3.05) is 10.8 Å². The first-order valence-electron chi connectivity index (χ1n) is 13.1. The lowest BCUT2D eigenvalue weighted by atomic mass is 10.1. The average molecular weight is 584 g/mol. The third-order valence-corrected chi connectivity index (χ3v) is 8.65. The van der Waals surface area contributed by atoms with Gasteiger partial charge in [0.1, 0.15) is 12.6 Å². The van der Waals surface area contributed by atoms with Crippen LogP contribution < -0.4 is 9.62 Å². The van der Waals surface area contributed by atoms with Crippen LogP contribution in [0, 0.1) is 20.8 Å². The fourth-order valence-electron chi connectivity index (χ4n) is 4.25. The van der Waals surface area contributed by atoms with Gasteiger partial charge in [0.2, 0.25) is 11.8 Å². The molecule has 3 rings (SSSR count). The molecule has 40 heavy (non-hydrogen) atoms. The Bertz CT molecular complexity index is 1480. The molecular formula is C31H38ClN3O4S. The first kappa shape index (κ1) is 31.2. The number of hydrogen-bond donors (Lipinski definition) is 1. The summed E-state index contributed by atoms with van der Waals surface area (Å²) in [6.07, 6.45) is 0. The molecule has 1 unspecified atom stereocenters. The molecule has 0 aliphatic heterocycles. The van der Waals surface area contributed by atoms with Crippen LogP contribution in [0.5, 0.6) is 0 Å². The van der Waals surface area contributed by atoms with E-state index in [1.807, 2.05) is 53.7 Å². The van der Waals surface area contributed by atoms with Gasteiger partial charge in [-0.3, -0.25) is 13.9 Å². The van der Waals surface area contributed by atoms with Gasteiger partial charge in [-0.15, -0.1) is 0 Å². The summed E-state index contributed by atoms with van der Waals surface area (Å²) in [5.41, 5.74) is 3.16. The largest absolute Gasteiger partial charge is 0.350 e.